The van der Waals surface area contributed by atoms with Crippen molar-refractivity contribution < 1.29 is 8.91 Å². The van der Waals surface area contributed by atoms with E-state index in [-0.39, 0.29) is 5.60 Å². The fourth-order valence-corrected chi connectivity index (χ4v) is 1.34. The molecular weight excluding hydrogens is 142 g/mol. The summed E-state index contributed by atoms with van der Waals surface area (Å²) in [4.78, 5) is 0. The second-order valence-electron chi connectivity index (χ2n) is 4.41. The van der Waals surface area contributed by atoms with Crippen molar-refractivity contribution in [1.29, 1.82) is 0 Å². The van der Waals surface area contributed by atoms with Crippen LogP contribution in [0.4, 0.5) is 0 Å². The molecule has 0 saturated carbocycles. The molecule has 0 rings (SSSR count). The Morgan fingerprint density at radius 3 is 1.80 bits per heavy atom. The van der Waals surface area contributed by atoms with Gasteiger partial charge in [-0.1, -0.05) is 0 Å². The van der Waals surface area contributed by atoms with Crippen LogP contribution in [0.5, 0.6) is 0 Å². The van der Waals surface area contributed by atoms with E-state index in [4.69, 9.17) is 4.43 Å². The van der Waals surface area contributed by atoms with E-state index in [1.54, 1.807) is 0 Å². The van der Waals surface area contributed by atoms with Crippen molar-refractivity contribution in [1.82, 2.24) is 0 Å². The van der Waals surface area contributed by atoms with E-state index in [9.17, 15) is 0 Å². The predicted molar refractivity (Wildman–Crippen MR) is 48.0 cm³/mol. The van der Waals surface area contributed by atoms with Crippen molar-refractivity contribution in [2.24, 2.45) is 0 Å². The van der Waals surface area contributed by atoms with Gasteiger partial charge in [0.15, 0.2) is 0 Å². The molecule has 10 heavy (non-hydrogen) atoms. The molecule has 0 amide bonds. The Labute approximate surface area is 67.3 Å². The summed E-state index contributed by atoms with van der Waals surface area (Å²) in [5.41, 5.74) is 0.0600. The van der Waals surface area contributed by atoms with Crippen LogP contribution in [0.15, 0.2) is 0 Å². The van der Waals surface area contributed by atoms with Gasteiger partial charge in [-0.3, -0.25) is 0 Å². The lowest BCUT2D eigenvalue weighted by atomic mass is 10.1. The first-order valence-corrected chi connectivity index (χ1v) is 4.44. The first kappa shape index (κ1) is 10.1. The Morgan fingerprint density at radius 2 is 1.70 bits per heavy atom. The maximum atomic E-state index is 5.44. The highest BCUT2D eigenvalue weighted by molar-refractivity contribution is 5.98. The number of hydrogen-bond acceptors (Lipinski definition) is 1. The summed E-state index contributed by atoms with van der Waals surface area (Å²) >= 11 is 0. The van der Waals surface area contributed by atoms with Crippen LogP contribution < -0.4 is 0 Å². The number of nitrogens with zero attached hydrogens (tertiary/aromatic N) is 1. The molecule has 0 aromatic rings. The molecule has 0 atom stereocenters. The van der Waals surface area contributed by atoms with Gasteiger partial charge in [0.25, 0.3) is 0 Å². The highest BCUT2D eigenvalue weighted by Crippen LogP contribution is 2.10. The average molecular weight is 162 g/mol. The fourth-order valence-electron chi connectivity index (χ4n) is 1.21. The highest BCUT2D eigenvalue weighted by atomic mass is 28.2. The van der Waals surface area contributed by atoms with Gasteiger partial charge < -0.3 is 8.91 Å². The zero-order valence-electron chi connectivity index (χ0n) is 8.06. The molecule has 0 bridgehead atoms. The van der Waals surface area contributed by atoms with Gasteiger partial charge in [-0.25, -0.2) is 0 Å². The highest BCUT2D eigenvalue weighted by Gasteiger charge is 2.24. The molecule has 0 aliphatic heterocycles. The Morgan fingerprint density at radius 1 is 1.30 bits per heavy atom. The topological polar surface area (TPSA) is 9.23 Å². The second-order valence-corrected chi connectivity index (χ2v) is 4.82. The SMILES string of the molecule is CC(C)(C[N+](C)(C)C)O[SiH3]. The predicted octanol–water partition coefficient (Wildman–Crippen LogP) is -0.232. The zero-order chi connectivity index (χ0) is 8.41. The normalized spacial score (nSPS) is 14.1. The minimum absolute atomic E-state index is 0.0600. The van der Waals surface area contributed by atoms with Crippen LogP contribution in [0.2, 0.25) is 0 Å². The van der Waals surface area contributed by atoms with Crippen LogP contribution >= 0.6 is 0 Å². The summed E-state index contributed by atoms with van der Waals surface area (Å²) in [5.74, 6) is 0. The van der Waals surface area contributed by atoms with Gasteiger partial charge in [-0.05, 0) is 13.8 Å². The van der Waals surface area contributed by atoms with Gasteiger partial charge >= 0.3 is 0 Å². The second kappa shape index (κ2) is 3.03. The van der Waals surface area contributed by atoms with Gasteiger partial charge in [-0.2, -0.15) is 0 Å². The van der Waals surface area contributed by atoms with Crippen molar-refractivity contribution in [3.8, 4) is 0 Å². The molecule has 0 heterocycles. The standard InChI is InChI=1S/C7H20NOSi/c1-7(2,9-10)6-8(3,4)5/h6H2,1-5,10H3/q+1. The van der Waals surface area contributed by atoms with Crippen LogP contribution in [0.1, 0.15) is 13.8 Å². The van der Waals surface area contributed by atoms with E-state index < -0.39 is 0 Å². The molecule has 62 valence electrons. The van der Waals surface area contributed by atoms with Gasteiger partial charge in [-0.15, -0.1) is 0 Å². The summed E-state index contributed by atoms with van der Waals surface area (Å²) in [5, 5.41) is 0. The minimum Gasteiger partial charge on any atom is -0.417 e. The maximum absolute atomic E-state index is 5.44. The first-order valence-electron chi connectivity index (χ1n) is 3.62. The van der Waals surface area contributed by atoms with Gasteiger partial charge in [0.05, 0.1) is 26.7 Å². The van der Waals surface area contributed by atoms with Crippen LogP contribution in [-0.4, -0.2) is 48.3 Å². The molecule has 0 aromatic heterocycles. The molecule has 0 unspecified atom stereocenters. The van der Waals surface area contributed by atoms with E-state index in [1.807, 2.05) is 0 Å². The fraction of sp³-hybridized carbons (Fsp3) is 1.00. The van der Waals surface area contributed by atoms with Gasteiger partial charge in [0.2, 0.25) is 0 Å². The van der Waals surface area contributed by atoms with Crippen molar-refractivity contribution in [3.05, 3.63) is 0 Å². The van der Waals surface area contributed by atoms with E-state index in [1.165, 1.54) is 0 Å². The Bertz CT molecular complexity index is 107. The Hall–Kier alpha value is 0.137. The summed E-state index contributed by atoms with van der Waals surface area (Å²) < 4.78 is 6.40. The smallest absolute Gasteiger partial charge is 0.147 e. The van der Waals surface area contributed by atoms with Gasteiger partial charge in [0.1, 0.15) is 17.0 Å². The summed E-state index contributed by atoms with van der Waals surface area (Å²) in [7, 11) is 7.38. The zero-order valence-corrected chi connectivity index (χ0v) is 10.1. The van der Waals surface area contributed by atoms with Crippen LogP contribution in [0.25, 0.3) is 0 Å². The summed E-state index contributed by atoms with van der Waals surface area (Å²) in [6.45, 7) is 5.35. The molecule has 0 N–H and O–H groups in total. The van der Waals surface area contributed by atoms with Crippen LogP contribution in [0.3, 0.4) is 0 Å². The summed E-state index contributed by atoms with van der Waals surface area (Å²) in [6, 6.07) is 0. The first-order chi connectivity index (χ1) is 4.27. The van der Waals surface area contributed by atoms with E-state index in [0.29, 0.717) is 0 Å². The Balaban J connectivity index is 3.89. The van der Waals surface area contributed by atoms with Gasteiger partial charge in [0, 0.05) is 0 Å². The van der Waals surface area contributed by atoms with E-state index >= 15 is 0 Å². The average Bonchev–Trinajstić information content (AvgIpc) is 1.60. The van der Waals surface area contributed by atoms with Crippen molar-refractivity contribution in [2.45, 2.75) is 19.4 Å². The van der Waals surface area contributed by atoms with E-state index in [0.717, 1.165) is 21.5 Å². The molecule has 2 nitrogen and oxygen atoms in total. The molecule has 0 fully saturated rings. The minimum atomic E-state index is 0.0600. The van der Waals surface area contributed by atoms with Crippen molar-refractivity contribution in [2.75, 3.05) is 27.7 Å². The van der Waals surface area contributed by atoms with Crippen LogP contribution in [-0.2, 0) is 4.43 Å². The number of likely N-dealkylation sites (N-methyl/N-ethyl adjacent to an activating group) is 1. The molecule has 0 spiro atoms. The monoisotopic (exact) mass is 162 g/mol. The molecule has 3 heteroatoms. The third kappa shape index (κ3) is 4.96. The largest absolute Gasteiger partial charge is 0.417 e. The molecule has 0 radical (unpaired) electrons. The lowest BCUT2D eigenvalue weighted by Crippen LogP contribution is -2.47. The third-order valence-corrected chi connectivity index (χ3v) is 2.51. The maximum Gasteiger partial charge on any atom is 0.147 e. The third-order valence-electron chi connectivity index (χ3n) is 1.41. The summed E-state index contributed by atoms with van der Waals surface area (Å²) in [6.07, 6.45) is 0. The Kier molecular flexibility index (Phi) is 3.07. The molecule has 0 aliphatic rings. The van der Waals surface area contributed by atoms with Crippen LogP contribution in [0, 0.1) is 0 Å². The quantitative estimate of drug-likeness (QED) is 0.411. The molecule has 0 aliphatic carbocycles. The molecule has 0 saturated heterocycles. The number of quaternary nitrogens is 1. The molecule has 0 aromatic carbocycles. The molecular formula is C7H20NOSi+. The lowest BCUT2D eigenvalue weighted by Gasteiger charge is -2.33. The number of rotatable bonds is 3. The van der Waals surface area contributed by atoms with E-state index in [2.05, 4.69) is 35.0 Å². The lowest BCUT2D eigenvalue weighted by molar-refractivity contribution is -0.876. The van der Waals surface area contributed by atoms with Crippen molar-refractivity contribution >= 4 is 10.5 Å². The van der Waals surface area contributed by atoms with Crippen molar-refractivity contribution in [3.63, 3.8) is 0 Å². The number of hydrogen-bond donors (Lipinski definition) is 0.